The first-order valence-corrected chi connectivity index (χ1v) is 13.9. The maximum absolute atomic E-state index is 13.1. The lowest BCUT2D eigenvalue weighted by Gasteiger charge is -2.29. The summed E-state index contributed by atoms with van der Waals surface area (Å²) < 4.78 is 48.8. The number of sulfonamides is 1. The summed E-state index contributed by atoms with van der Waals surface area (Å²) in [5, 5.41) is 5.33. The van der Waals surface area contributed by atoms with Gasteiger partial charge in [0.25, 0.3) is 0 Å². The van der Waals surface area contributed by atoms with Crippen molar-refractivity contribution in [2.45, 2.75) is 55.1 Å². The minimum Gasteiger partial charge on any atom is -0.338 e. The van der Waals surface area contributed by atoms with E-state index in [1.807, 2.05) is 18.4 Å². The van der Waals surface area contributed by atoms with Gasteiger partial charge < -0.3 is 9.47 Å². The summed E-state index contributed by atoms with van der Waals surface area (Å²) in [5.41, 5.74) is 1.24. The standard InChI is InChI=1S/C18H26N4O5S3/c1-4-21(13-8-9-29(24,25)11-13)17(23)12(3)28-18-20-15-10-14(30(19,26)27)6-7-16(15)22(18)5-2/h6-7,10,12-13H,4-5,8-9,11H2,1-3H3,(H2,19,26,27). The minimum absolute atomic E-state index is 0.00772. The molecule has 1 aromatic carbocycles. The van der Waals surface area contributed by atoms with Crippen LogP contribution in [0.25, 0.3) is 11.0 Å². The quantitative estimate of drug-likeness (QED) is 0.597. The Morgan fingerprint density at radius 2 is 2.10 bits per heavy atom. The fraction of sp³-hybridized carbons (Fsp3) is 0.556. The second kappa shape index (κ2) is 8.48. The molecule has 0 spiro atoms. The average Bonchev–Trinajstić information content (AvgIpc) is 3.19. The number of carbonyl (C=O) groups excluding carboxylic acids is 1. The number of carbonyl (C=O) groups is 1. The van der Waals surface area contributed by atoms with Gasteiger partial charge in [0.1, 0.15) is 0 Å². The van der Waals surface area contributed by atoms with E-state index in [4.69, 9.17) is 5.14 Å². The van der Waals surface area contributed by atoms with Crippen LogP contribution in [0.15, 0.2) is 28.3 Å². The van der Waals surface area contributed by atoms with Gasteiger partial charge in [-0.2, -0.15) is 0 Å². The third-order valence-corrected chi connectivity index (χ3v) is 8.97. The first-order chi connectivity index (χ1) is 14.0. The topological polar surface area (TPSA) is 132 Å². The summed E-state index contributed by atoms with van der Waals surface area (Å²) in [6.45, 7) is 6.58. The van der Waals surface area contributed by atoms with Crippen LogP contribution >= 0.6 is 11.8 Å². The average molecular weight is 475 g/mol. The third kappa shape index (κ3) is 4.66. The third-order valence-electron chi connectivity index (χ3n) is 5.23. The highest BCUT2D eigenvalue weighted by molar-refractivity contribution is 8.00. The predicted octanol–water partition coefficient (Wildman–Crippen LogP) is 1.22. The maximum Gasteiger partial charge on any atom is 0.238 e. The van der Waals surface area contributed by atoms with Gasteiger partial charge in [-0.05, 0) is 45.4 Å². The van der Waals surface area contributed by atoms with E-state index in [9.17, 15) is 21.6 Å². The van der Waals surface area contributed by atoms with E-state index < -0.39 is 25.1 Å². The van der Waals surface area contributed by atoms with Crippen LogP contribution in [-0.2, 0) is 31.2 Å². The number of aromatic nitrogens is 2. The van der Waals surface area contributed by atoms with Crippen LogP contribution in [0, 0.1) is 0 Å². The number of primary sulfonamides is 1. The number of benzene rings is 1. The number of hydrogen-bond acceptors (Lipinski definition) is 7. The summed E-state index contributed by atoms with van der Waals surface area (Å²) in [7, 11) is -6.93. The summed E-state index contributed by atoms with van der Waals surface area (Å²) in [6, 6.07) is 4.23. The molecule has 0 radical (unpaired) electrons. The first-order valence-electron chi connectivity index (χ1n) is 9.67. The highest BCUT2D eigenvalue weighted by Gasteiger charge is 2.35. The smallest absolute Gasteiger partial charge is 0.238 e. The molecule has 0 aliphatic carbocycles. The molecular weight excluding hydrogens is 448 g/mol. The summed E-state index contributed by atoms with van der Waals surface area (Å²) >= 11 is 1.27. The molecule has 12 heteroatoms. The van der Waals surface area contributed by atoms with Gasteiger partial charge in [0.05, 0.1) is 32.7 Å². The van der Waals surface area contributed by atoms with E-state index in [1.165, 1.54) is 23.9 Å². The molecule has 1 fully saturated rings. The SMILES string of the molecule is CCN(C(=O)C(C)Sc1nc2cc(S(N)(=O)=O)ccc2n1CC)C1CCS(=O)(=O)C1. The molecule has 2 unspecified atom stereocenters. The lowest BCUT2D eigenvalue weighted by atomic mass is 10.2. The van der Waals surface area contributed by atoms with E-state index in [2.05, 4.69) is 4.98 Å². The van der Waals surface area contributed by atoms with Crippen molar-refractivity contribution in [2.75, 3.05) is 18.1 Å². The number of fused-ring (bicyclic) bond motifs is 1. The lowest BCUT2D eigenvalue weighted by molar-refractivity contribution is -0.131. The van der Waals surface area contributed by atoms with Crippen molar-refractivity contribution >= 4 is 48.6 Å². The van der Waals surface area contributed by atoms with E-state index in [-0.39, 0.29) is 28.4 Å². The fourth-order valence-corrected chi connectivity index (χ4v) is 7.04. The van der Waals surface area contributed by atoms with Gasteiger partial charge in [-0.3, -0.25) is 4.79 Å². The molecule has 0 bridgehead atoms. The number of nitrogens with zero attached hydrogens (tertiary/aromatic N) is 3. The van der Waals surface area contributed by atoms with Crippen molar-refractivity contribution in [2.24, 2.45) is 5.14 Å². The summed E-state index contributed by atoms with van der Waals surface area (Å²) in [4.78, 5) is 19.2. The lowest BCUT2D eigenvalue weighted by Crippen LogP contribution is -2.44. The zero-order chi connectivity index (χ0) is 22.3. The van der Waals surface area contributed by atoms with Crippen LogP contribution in [-0.4, -0.2) is 66.5 Å². The Balaban J connectivity index is 1.86. The van der Waals surface area contributed by atoms with Gasteiger partial charge in [0.2, 0.25) is 15.9 Å². The van der Waals surface area contributed by atoms with Crippen molar-refractivity contribution < 1.29 is 21.6 Å². The second-order valence-corrected chi connectivity index (χ2v) is 12.4. The molecular formula is C18H26N4O5S3. The number of thioether (sulfide) groups is 1. The van der Waals surface area contributed by atoms with E-state index >= 15 is 0 Å². The molecule has 166 valence electrons. The van der Waals surface area contributed by atoms with Crippen molar-refractivity contribution in [1.82, 2.24) is 14.5 Å². The Morgan fingerprint density at radius 3 is 2.63 bits per heavy atom. The maximum atomic E-state index is 13.1. The number of aryl methyl sites for hydroxylation is 1. The van der Waals surface area contributed by atoms with E-state index in [0.717, 1.165) is 5.52 Å². The molecule has 1 amide bonds. The number of nitrogens with two attached hydrogens (primary N) is 1. The van der Waals surface area contributed by atoms with Gasteiger partial charge in [-0.1, -0.05) is 11.8 Å². The Hall–Kier alpha value is -1.63. The second-order valence-electron chi connectivity index (χ2n) is 7.28. The molecule has 9 nitrogen and oxygen atoms in total. The van der Waals surface area contributed by atoms with E-state index in [1.54, 1.807) is 17.9 Å². The van der Waals surface area contributed by atoms with Crippen LogP contribution < -0.4 is 5.14 Å². The highest BCUT2D eigenvalue weighted by Crippen LogP contribution is 2.30. The number of rotatable bonds is 7. The number of hydrogen-bond donors (Lipinski definition) is 1. The molecule has 2 aromatic rings. The van der Waals surface area contributed by atoms with Crippen LogP contribution in [0.2, 0.25) is 0 Å². The van der Waals surface area contributed by atoms with Crippen molar-refractivity contribution in [3.63, 3.8) is 0 Å². The molecule has 2 atom stereocenters. The predicted molar refractivity (Wildman–Crippen MR) is 117 cm³/mol. The highest BCUT2D eigenvalue weighted by atomic mass is 32.2. The van der Waals surface area contributed by atoms with Gasteiger partial charge in [-0.15, -0.1) is 0 Å². The van der Waals surface area contributed by atoms with Crippen molar-refractivity contribution in [3.05, 3.63) is 18.2 Å². The Morgan fingerprint density at radius 1 is 1.40 bits per heavy atom. The van der Waals surface area contributed by atoms with Crippen LogP contribution in [0.4, 0.5) is 0 Å². The molecule has 2 heterocycles. The monoisotopic (exact) mass is 474 g/mol. The minimum atomic E-state index is -3.84. The molecule has 0 saturated carbocycles. The zero-order valence-corrected chi connectivity index (χ0v) is 19.6. The number of sulfone groups is 1. The number of amides is 1. The van der Waals surface area contributed by atoms with Crippen molar-refractivity contribution in [3.8, 4) is 0 Å². The Labute approximate surface area is 181 Å². The summed E-state index contributed by atoms with van der Waals surface area (Å²) in [5.74, 6) is -0.0149. The van der Waals surface area contributed by atoms with Gasteiger partial charge in [0, 0.05) is 19.1 Å². The Kier molecular flexibility index (Phi) is 6.51. The van der Waals surface area contributed by atoms with Crippen LogP contribution in [0.5, 0.6) is 0 Å². The van der Waals surface area contributed by atoms with Crippen LogP contribution in [0.1, 0.15) is 27.2 Å². The molecule has 30 heavy (non-hydrogen) atoms. The molecule has 1 saturated heterocycles. The van der Waals surface area contributed by atoms with Crippen molar-refractivity contribution in [1.29, 1.82) is 0 Å². The number of imidazole rings is 1. The zero-order valence-electron chi connectivity index (χ0n) is 17.1. The van der Waals surface area contributed by atoms with Gasteiger partial charge >= 0.3 is 0 Å². The Bertz CT molecular complexity index is 1170. The first kappa shape index (κ1) is 23.0. The van der Waals surface area contributed by atoms with Gasteiger partial charge in [-0.25, -0.2) is 27.0 Å². The molecule has 1 aliphatic heterocycles. The molecule has 2 N–H and O–H groups in total. The largest absolute Gasteiger partial charge is 0.338 e. The van der Waals surface area contributed by atoms with Gasteiger partial charge in [0.15, 0.2) is 15.0 Å². The molecule has 1 aromatic heterocycles. The molecule has 1 aliphatic rings. The van der Waals surface area contributed by atoms with E-state index in [0.29, 0.717) is 30.2 Å². The molecule has 3 rings (SSSR count). The summed E-state index contributed by atoms with van der Waals surface area (Å²) in [6.07, 6.45) is 0.461. The fourth-order valence-electron chi connectivity index (χ4n) is 3.72. The normalized spacial score (nSPS) is 19.8. The van der Waals surface area contributed by atoms with Crippen LogP contribution in [0.3, 0.4) is 0 Å².